The molecule has 0 spiro atoms. The molecule has 2 aliphatic heterocycles. The smallest absolute Gasteiger partial charge is 0.382 e. The van der Waals surface area contributed by atoms with E-state index in [9.17, 15) is 9.13 Å². The van der Waals surface area contributed by atoms with Crippen LogP contribution in [0.4, 0.5) is 0 Å². The van der Waals surface area contributed by atoms with Gasteiger partial charge in [-0.25, -0.2) is 9.13 Å². The molecule has 0 radical (unpaired) electrons. The number of halogens is 2. The molecule has 2 heterocycles. The minimum absolute atomic E-state index is 0.0117. The van der Waals surface area contributed by atoms with Gasteiger partial charge in [0.05, 0.1) is 13.2 Å². The molecule has 8 nitrogen and oxygen atoms in total. The Kier molecular flexibility index (Phi) is 5.58. The van der Waals surface area contributed by atoms with E-state index in [0.29, 0.717) is 0 Å². The standard InChI is InChI=1S/C8H14Cl2O8P2/c1-13-3-5-7-8(18-19(9,11)15-5)6(4-14-2)16-20(10,12)17-7/h5-8H,3-4H2,1-2H3. The molecule has 6 unspecified atom stereocenters. The summed E-state index contributed by atoms with van der Waals surface area (Å²) in [6.07, 6.45) is -3.49. The Labute approximate surface area is 125 Å². The maximum atomic E-state index is 11.9. The Balaban J connectivity index is 2.28. The number of hydrogen-bond acceptors (Lipinski definition) is 8. The highest BCUT2D eigenvalue weighted by molar-refractivity contribution is 7.82. The second-order valence-corrected chi connectivity index (χ2v) is 9.25. The molecule has 2 rings (SSSR count). The van der Waals surface area contributed by atoms with Crippen LogP contribution in [0.15, 0.2) is 0 Å². The van der Waals surface area contributed by atoms with Gasteiger partial charge in [-0.2, -0.15) is 0 Å². The molecule has 0 aromatic heterocycles. The van der Waals surface area contributed by atoms with Crippen molar-refractivity contribution in [1.82, 2.24) is 0 Å². The van der Waals surface area contributed by atoms with Gasteiger partial charge < -0.3 is 9.47 Å². The van der Waals surface area contributed by atoms with Crippen molar-refractivity contribution in [3.8, 4) is 0 Å². The molecule has 2 saturated heterocycles. The molecule has 2 fully saturated rings. The van der Waals surface area contributed by atoms with Crippen molar-refractivity contribution in [2.75, 3.05) is 27.4 Å². The van der Waals surface area contributed by atoms with Crippen LogP contribution in [0.3, 0.4) is 0 Å². The summed E-state index contributed by atoms with van der Waals surface area (Å²) in [5, 5.41) is 0. The molecule has 0 N–H and O–H groups in total. The van der Waals surface area contributed by atoms with Crippen LogP contribution in [0.2, 0.25) is 0 Å². The van der Waals surface area contributed by atoms with Gasteiger partial charge in [0, 0.05) is 36.7 Å². The van der Waals surface area contributed by atoms with Crippen molar-refractivity contribution >= 4 is 36.4 Å². The maximum Gasteiger partial charge on any atom is 0.425 e. The molecule has 0 aliphatic carbocycles. The summed E-state index contributed by atoms with van der Waals surface area (Å²) in [6, 6.07) is 0. The molecule has 118 valence electrons. The van der Waals surface area contributed by atoms with E-state index in [1.165, 1.54) is 14.2 Å². The van der Waals surface area contributed by atoms with E-state index in [4.69, 9.17) is 50.1 Å². The summed E-state index contributed by atoms with van der Waals surface area (Å²) in [5.41, 5.74) is 0. The largest absolute Gasteiger partial charge is 0.425 e. The van der Waals surface area contributed by atoms with Gasteiger partial charge in [-0.3, -0.25) is 18.1 Å². The van der Waals surface area contributed by atoms with Crippen LogP contribution in [-0.2, 0) is 36.7 Å². The molecular formula is C8H14Cl2O8P2. The molecule has 6 atom stereocenters. The Morgan fingerprint density at radius 1 is 0.850 bits per heavy atom. The Bertz CT molecular complexity index is 408. The summed E-state index contributed by atoms with van der Waals surface area (Å²) >= 11 is 11.3. The number of ether oxygens (including phenoxy) is 2. The zero-order valence-corrected chi connectivity index (χ0v) is 13.9. The van der Waals surface area contributed by atoms with Crippen molar-refractivity contribution < 1.29 is 36.7 Å². The molecular weight excluding hydrogens is 357 g/mol. The van der Waals surface area contributed by atoms with E-state index in [0.717, 1.165) is 0 Å². The third-order valence-corrected chi connectivity index (χ3v) is 5.73. The molecule has 0 aromatic rings. The van der Waals surface area contributed by atoms with Gasteiger partial charge in [-0.15, -0.1) is 0 Å². The number of hydrogen-bond donors (Lipinski definition) is 0. The van der Waals surface area contributed by atoms with E-state index in [2.05, 4.69) is 0 Å². The quantitative estimate of drug-likeness (QED) is 0.697. The second-order valence-electron chi connectivity index (χ2n) is 4.20. The fraction of sp³-hybridized carbons (Fsp3) is 1.00. The van der Waals surface area contributed by atoms with Crippen molar-refractivity contribution in [2.45, 2.75) is 24.4 Å². The lowest BCUT2D eigenvalue weighted by molar-refractivity contribution is -0.153. The second kappa shape index (κ2) is 6.50. The van der Waals surface area contributed by atoms with E-state index in [1.807, 2.05) is 0 Å². The topological polar surface area (TPSA) is 89.5 Å². The zero-order valence-electron chi connectivity index (χ0n) is 10.6. The van der Waals surface area contributed by atoms with E-state index in [-0.39, 0.29) is 13.2 Å². The molecule has 0 aromatic carbocycles. The van der Waals surface area contributed by atoms with Crippen LogP contribution in [0.5, 0.6) is 0 Å². The van der Waals surface area contributed by atoms with E-state index >= 15 is 0 Å². The third kappa shape index (κ3) is 3.96. The summed E-state index contributed by atoms with van der Waals surface area (Å²) in [5.74, 6) is 0. The maximum absolute atomic E-state index is 11.9. The number of rotatable bonds is 4. The predicted octanol–water partition coefficient (Wildman–Crippen LogP) is 2.54. The fourth-order valence-electron chi connectivity index (χ4n) is 2.04. The van der Waals surface area contributed by atoms with Gasteiger partial charge in [0.2, 0.25) is 0 Å². The lowest BCUT2D eigenvalue weighted by atomic mass is 10.0. The first kappa shape index (κ1) is 17.2. The summed E-state index contributed by atoms with van der Waals surface area (Å²) in [6.45, 7) is -7.62. The van der Waals surface area contributed by atoms with Crippen LogP contribution >= 0.6 is 36.4 Å². The minimum atomic E-state index is -3.82. The highest BCUT2D eigenvalue weighted by atomic mass is 35.7. The van der Waals surface area contributed by atoms with Crippen molar-refractivity contribution in [1.29, 1.82) is 0 Å². The normalized spacial score (nSPS) is 48.8. The minimum Gasteiger partial charge on any atom is -0.382 e. The lowest BCUT2D eigenvalue weighted by Crippen LogP contribution is -2.55. The number of methoxy groups -OCH3 is 2. The summed E-state index contributed by atoms with van der Waals surface area (Å²) in [4.78, 5) is 0. The monoisotopic (exact) mass is 370 g/mol. The van der Waals surface area contributed by atoms with Crippen LogP contribution in [-0.4, -0.2) is 51.8 Å². The SMILES string of the molecule is COCC1OP(=O)(Cl)OC2C(COC)OP(=O)(Cl)OC12. The highest BCUT2D eigenvalue weighted by Crippen LogP contribution is 2.66. The van der Waals surface area contributed by atoms with Crippen molar-refractivity contribution in [3.05, 3.63) is 0 Å². The summed E-state index contributed by atoms with van der Waals surface area (Å²) in [7, 11) is 2.83. The highest BCUT2D eigenvalue weighted by Gasteiger charge is 2.56. The molecule has 2 aliphatic rings. The lowest BCUT2D eigenvalue weighted by Gasteiger charge is -2.45. The predicted molar refractivity (Wildman–Crippen MR) is 70.2 cm³/mol. The first-order valence-corrected chi connectivity index (χ1v) is 10.5. The van der Waals surface area contributed by atoms with Crippen molar-refractivity contribution in [2.24, 2.45) is 0 Å². The average molecular weight is 371 g/mol. The van der Waals surface area contributed by atoms with Gasteiger partial charge in [0.15, 0.2) is 0 Å². The van der Waals surface area contributed by atoms with Gasteiger partial charge in [-0.1, -0.05) is 0 Å². The van der Waals surface area contributed by atoms with E-state index < -0.39 is 38.3 Å². The van der Waals surface area contributed by atoms with Crippen molar-refractivity contribution in [3.63, 3.8) is 0 Å². The average Bonchev–Trinajstić information content (AvgIpc) is 2.30. The Morgan fingerprint density at radius 3 is 1.50 bits per heavy atom. The molecule has 0 bridgehead atoms. The van der Waals surface area contributed by atoms with Gasteiger partial charge >= 0.3 is 13.9 Å². The first-order chi connectivity index (χ1) is 9.28. The molecule has 0 amide bonds. The van der Waals surface area contributed by atoms with Gasteiger partial charge in [0.1, 0.15) is 24.4 Å². The Hall–Kier alpha value is 0.800. The Morgan fingerprint density at radius 2 is 1.20 bits per heavy atom. The zero-order chi connectivity index (χ0) is 15.0. The third-order valence-electron chi connectivity index (χ3n) is 2.74. The van der Waals surface area contributed by atoms with Gasteiger partial charge in [-0.05, 0) is 0 Å². The van der Waals surface area contributed by atoms with E-state index in [1.54, 1.807) is 0 Å². The van der Waals surface area contributed by atoms with Gasteiger partial charge in [0.25, 0.3) is 0 Å². The molecule has 20 heavy (non-hydrogen) atoms. The van der Waals surface area contributed by atoms with Crippen LogP contribution < -0.4 is 0 Å². The number of fused-ring (bicyclic) bond motifs is 1. The molecule has 0 saturated carbocycles. The van der Waals surface area contributed by atoms with Crippen LogP contribution in [0.25, 0.3) is 0 Å². The summed E-state index contributed by atoms with van der Waals surface area (Å²) < 4.78 is 54.1. The molecule has 12 heteroatoms. The van der Waals surface area contributed by atoms with Crippen LogP contribution in [0, 0.1) is 0 Å². The fourth-order valence-corrected chi connectivity index (χ4v) is 5.41. The van der Waals surface area contributed by atoms with Crippen LogP contribution in [0.1, 0.15) is 0 Å². The first-order valence-electron chi connectivity index (χ1n) is 5.59.